The third kappa shape index (κ3) is 3.09. The summed E-state index contributed by atoms with van der Waals surface area (Å²) >= 11 is 0. The van der Waals surface area contributed by atoms with Gasteiger partial charge < -0.3 is 14.6 Å². The first kappa shape index (κ1) is 13.9. The van der Waals surface area contributed by atoms with Gasteiger partial charge in [-0.1, -0.05) is 18.2 Å². The number of hydrogen-bond acceptors (Lipinski definition) is 3. The summed E-state index contributed by atoms with van der Waals surface area (Å²) in [6.07, 6.45) is 5.20. The van der Waals surface area contributed by atoms with Gasteiger partial charge in [-0.25, -0.2) is 0 Å². The van der Waals surface area contributed by atoms with Crippen LogP contribution in [0.3, 0.4) is 0 Å². The number of aromatic hydroxyl groups is 1. The summed E-state index contributed by atoms with van der Waals surface area (Å²) in [5.74, 6) is -0.236. The fourth-order valence-electron chi connectivity index (χ4n) is 1.86. The van der Waals surface area contributed by atoms with Gasteiger partial charge in [-0.15, -0.1) is 0 Å². The Kier molecular flexibility index (Phi) is 3.94. The number of benzene rings is 1. The summed E-state index contributed by atoms with van der Waals surface area (Å²) < 4.78 is 1.71. The average molecular weight is 270 g/mol. The lowest BCUT2D eigenvalue weighted by Crippen LogP contribution is -2.07. The Morgan fingerprint density at radius 2 is 1.80 bits per heavy atom. The molecule has 4 nitrogen and oxygen atoms in total. The topological polar surface area (TPSA) is 45.5 Å². The second kappa shape index (κ2) is 5.65. The molecule has 0 spiro atoms. The Hall–Kier alpha value is -2.49. The Morgan fingerprint density at radius 1 is 1.15 bits per heavy atom. The standard InChI is InChI=1S/C16H18N2O2/c1-17(2)13-7-4-12(5-8-13)6-9-14-10-15(19)16(20)11-18(14)3/h4-11,20H,1-3H3/b9-6+. The zero-order valence-corrected chi connectivity index (χ0v) is 11.9. The summed E-state index contributed by atoms with van der Waals surface area (Å²) in [5.41, 5.74) is 2.56. The van der Waals surface area contributed by atoms with Gasteiger partial charge in [0.05, 0.1) is 0 Å². The zero-order valence-electron chi connectivity index (χ0n) is 11.9. The van der Waals surface area contributed by atoms with Crippen molar-refractivity contribution >= 4 is 17.8 Å². The summed E-state index contributed by atoms with van der Waals surface area (Å²) in [6, 6.07) is 9.53. The smallest absolute Gasteiger partial charge is 0.223 e. The molecule has 0 bridgehead atoms. The molecule has 0 saturated carbocycles. The van der Waals surface area contributed by atoms with E-state index in [4.69, 9.17) is 0 Å². The maximum Gasteiger partial charge on any atom is 0.223 e. The quantitative estimate of drug-likeness (QED) is 0.931. The SMILES string of the molecule is CN(C)c1ccc(/C=C/c2cc(=O)c(O)cn2C)cc1. The van der Waals surface area contributed by atoms with Crippen molar-refractivity contribution in [1.29, 1.82) is 0 Å². The fourth-order valence-corrected chi connectivity index (χ4v) is 1.86. The van der Waals surface area contributed by atoms with Gasteiger partial charge in [-0.2, -0.15) is 0 Å². The average Bonchev–Trinajstić information content (AvgIpc) is 2.42. The number of hydrogen-bond donors (Lipinski definition) is 1. The van der Waals surface area contributed by atoms with Crippen LogP contribution in [-0.4, -0.2) is 23.8 Å². The Labute approximate surface area is 118 Å². The van der Waals surface area contributed by atoms with Crippen molar-refractivity contribution < 1.29 is 5.11 Å². The molecule has 2 rings (SSSR count). The van der Waals surface area contributed by atoms with Crippen LogP contribution < -0.4 is 10.3 Å². The molecule has 0 aliphatic rings. The third-order valence-electron chi connectivity index (χ3n) is 3.11. The van der Waals surface area contributed by atoms with E-state index in [0.29, 0.717) is 0 Å². The number of nitrogens with zero attached hydrogens (tertiary/aromatic N) is 2. The second-order valence-corrected chi connectivity index (χ2v) is 4.88. The summed E-state index contributed by atoms with van der Waals surface area (Å²) in [4.78, 5) is 13.5. The molecule has 1 N–H and O–H groups in total. The van der Waals surface area contributed by atoms with Crippen LogP contribution in [-0.2, 0) is 7.05 Å². The van der Waals surface area contributed by atoms with Crippen molar-refractivity contribution in [2.45, 2.75) is 0 Å². The highest BCUT2D eigenvalue weighted by atomic mass is 16.3. The Balaban J connectivity index is 2.25. The first-order chi connectivity index (χ1) is 9.47. The highest BCUT2D eigenvalue weighted by Gasteiger charge is 2.00. The number of pyridine rings is 1. The molecule has 1 aromatic heterocycles. The predicted octanol–water partition coefficient (Wildman–Crippen LogP) is 2.33. The molecule has 0 radical (unpaired) electrons. The van der Waals surface area contributed by atoms with Gasteiger partial charge in [0.1, 0.15) is 0 Å². The first-order valence-corrected chi connectivity index (χ1v) is 6.32. The van der Waals surface area contributed by atoms with E-state index in [1.54, 1.807) is 11.6 Å². The lowest BCUT2D eigenvalue weighted by Gasteiger charge is -2.11. The molecular formula is C16H18N2O2. The lowest BCUT2D eigenvalue weighted by atomic mass is 10.1. The van der Waals surface area contributed by atoms with E-state index in [2.05, 4.69) is 0 Å². The van der Waals surface area contributed by atoms with E-state index in [9.17, 15) is 9.90 Å². The lowest BCUT2D eigenvalue weighted by molar-refractivity contribution is 0.463. The number of aromatic nitrogens is 1. The summed E-state index contributed by atoms with van der Waals surface area (Å²) in [5, 5.41) is 9.33. The fraction of sp³-hybridized carbons (Fsp3) is 0.188. The molecule has 0 amide bonds. The van der Waals surface area contributed by atoms with E-state index in [1.165, 1.54) is 12.3 Å². The highest BCUT2D eigenvalue weighted by Crippen LogP contribution is 2.14. The maximum absolute atomic E-state index is 11.4. The van der Waals surface area contributed by atoms with E-state index >= 15 is 0 Å². The molecule has 2 aromatic rings. The van der Waals surface area contributed by atoms with Gasteiger partial charge in [-0.3, -0.25) is 4.79 Å². The molecule has 0 atom stereocenters. The van der Waals surface area contributed by atoms with Crippen molar-refractivity contribution in [3.63, 3.8) is 0 Å². The van der Waals surface area contributed by atoms with Gasteiger partial charge in [0.2, 0.25) is 5.43 Å². The van der Waals surface area contributed by atoms with E-state index < -0.39 is 0 Å². The molecule has 1 heterocycles. The van der Waals surface area contributed by atoms with Crippen LogP contribution in [0.15, 0.2) is 41.3 Å². The van der Waals surface area contributed by atoms with E-state index in [0.717, 1.165) is 16.9 Å². The normalized spacial score (nSPS) is 10.9. The number of aryl methyl sites for hydroxylation is 1. The van der Waals surface area contributed by atoms with Crippen molar-refractivity contribution in [2.75, 3.05) is 19.0 Å². The first-order valence-electron chi connectivity index (χ1n) is 6.32. The van der Waals surface area contributed by atoms with E-state index in [-0.39, 0.29) is 11.2 Å². The second-order valence-electron chi connectivity index (χ2n) is 4.88. The molecule has 0 aliphatic carbocycles. The van der Waals surface area contributed by atoms with E-state index in [1.807, 2.05) is 55.4 Å². The minimum absolute atomic E-state index is 0.236. The highest BCUT2D eigenvalue weighted by molar-refractivity contribution is 5.69. The van der Waals surface area contributed by atoms with Gasteiger partial charge in [-0.05, 0) is 23.8 Å². The van der Waals surface area contributed by atoms with Crippen LogP contribution >= 0.6 is 0 Å². The molecule has 20 heavy (non-hydrogen) atoms. The number of anilines is 1. The van der Waals surface area contributed by atoms with Crippen LogP contribution in [0.25, 0.3) is 12.2 Å². The van der Waals surface area contributed by atoms with Crippen LogP contribution in [0.5, 0.6) is 5.75 Å². The molecule has 104 valence electrons. The molecule has 0 aliphatic heterocycles. The summed E-state index contributed by atoms with van der Waals surface area (Å²) in [7, 11) is 5.78. The van der Waals surface area contributed by atoms with Crippen molar-refractivity contribution in [3.05, 3.63) is 58.0 Å². The minimum atomic E-state index is -0.370. The predicted molar refractivity (Wildman–Crippen MR) is 83.0 cm³/mol. The molecule has 0 unspecified atom stereocenters. The zero-order chi connectivity index (χ0) is 14.7. The van der Waals surface area contributed by atoms with Gasteiger partial charge >= 0.3 is 0 Å². The third-order valence-corrected chi connectivity index (χ3v) is 3.11. The van der Waals surface area contributed by atoms with Crippen molar-refractivity contribution in [1.82, 2.24) is 4.57 Å². The molecule has 1 aromatic carbocycles. The van der Waals surface area contributed by atoms with Crippen LogP contribution in [0, 0.1) is 0 Å². The monoisotopic (exact) mass is 270 g/mol. The van der Waals surface area contributed by atoms with Crippen LogP contribution in [0.2, 0.25) is 0 Å². The number of rotatable bonds is 3. The molecule has 0 fully saturated rings. The molecular weight excluding hydrogens is 252 g/mol. The molecule has 4 heteroatoms. The Morgan fingerprint density at radius 3 is 2.40 bits per heavy atom. The Bertz CT molecular complexity index is 683. The van der Waals surface area contributed by atoms with Crippen molar-refractivity contribution in [2.24, 2.45) is 7.05 Å². The maximum atomic E-state index is 11.4. The van der Waals surface area contributed by atoms with Crippen LogP contribution in [0.1, 0.15) is 11.3 Å². The summed E-state index contributed by atoms with van der Waals surface area (Å²) in [6.45, 7) is 0. The largest absolute Gasteiger partial charge is 0.503 e. The van der Waals surface area contributed by atoms with Gasteiger partial charge in [0, 0.05) is 44.8 Å². The van der Waals surface area contributed by atoms with Gasteiger partial charge in [0.25, 0.3) is 0 Å². The van der Waals surface area contributed by atoms with Gasteiger partial charge in [0.15, 0.2) is 5.75 Å². The van der Waals surface area contributed by atoms with Crippen LogP contribution in [0.4, 0.5) is 5.69 Å². The van der Waals surface area contributed by atoms with Crippen molar-refractivity contribution in [3.8, 4) is 5.75 Å². The molecule has 0 saturated heterocycles. The minimum Gasteiger partial charge on any atom is -0.503 e.